The third-order valence-electron chi connectivity index (χ3n) is 5.14. The summed E-state index contributed by atoms with van der Waals surface area (Å²) in [5, 5.41) is 0. The summed E-state index contributed by atoms with van der Waals surface area (Å²) in [7, 11) is -3.50. The van der Waals surface area contributed by atoms with Crippen LogP contribution in [0.1, 0.15) is 37.5 Å². The fraction of sp³-hybridized carbons (Fsp3) is 0.722. The van der Waals surface area contributed by atoms with E-state index in [2.05, 4.69) is 0 Å². The molecule has 8 heteroatoms. The van der Waals surface area contributed by atoms with E-state index in [1.165, 1.54) is 15.6 Å². The van der Waals surface area contributed by atoms with Crippen LogP contribution in [0, 0.1) is 12.8 Å². The molecule has 0 N–H and O–H groups in total. The molecule has 2 atom stereocenters. The Balaban J connectivity index is 1.67. The number of piperidine rings is 2. The molecule has 0 aromatic carbocycles. The van der Waals surface area contributed by atoms with Gasteiger partial charge in [0, 0.05) is 37.7 Å². The van der Waals surface area contributed by atoms with Gasteiger partial charge >= 0.3 is 0 Å². The molecule has 1 amide bonds. The van der Waals surface area contributed by atoms with Crippen LogP contribution in [0.25, 0.3) is 0 Å². The highest BCUT2D eigenvalue weighted by Crippen LogP contribution is 2.29. The van der Waals surface area contributed by atoms with Gasteiger partial charge in [-0.1, -0.05) is 0 Å². The summed E-state index contributed by atoms with van der Waals surface area (Å²) in [6, 6.07) is 3.49. The molecule has 0 spiro atoms. The van der Waals surface area contributed by atoms with Gasteiger partial charge in [-0.05, 0) is 51.7 Å². The lowest BCUT2D eigenvalue weighted by Gasteiger charge is -2.37. The number of nitrogens with zero attached hydrogens (tertiary/aromatic N) is 2. The van der Waals surface area contributed by atoms with Crippen molar-refractivity contribution < 1.29 is 17.9 Å². The zero-order chi connectivity index (χ0) is 18.7. The van der Waals surface area contributed by atoms with Gasteiger partial charge in [-0.3, -0.25) is 4.79 Å². The largest absolute Gasteiger partial charge is 0.377 e. The number of sulfonamides is 1. The lowest BCUT2D eigenvalue weighted by molar-refractivity contribution is -0.140. The monoisotopic (exact) mass is 400 g/mol. The average molecular weight is 401 g/mol. The van der Waals surface area contributed by atoms with Crippen molar-refractivity contribution in [1.29, 1.82) is 0 Å². The number of ether oxygens (including phenoxy) is 1. The van der Waals surface area contributed by atoms with E-state index in [9.17, 15) is 13.2 Å². The molecule has 2 unspecified atom stereocenters. The molecule has 2 saturated heterocycles. The van der Waals surface area contributed by atoms with Gasteiger partial charge in [0.15, 0.2) is 0 Å². The summed E-state index contributed by atoms with van der Waals surface area (Å²) >= 11 is 1.29. The van der Waals surface area contributed by atoms with Crippen LogP contribution in [0.15, 0.2) is 16.3 Å². The number of aryl methyl sites for hydroxylation is 1. The van der Waals surface area contributed by atoms with E-state index in [1.807, 2.05) is 24.8 Å². The summed E-state index contributed by atoms with van der Waals surface area (Å²) < 4.78 is 33.3. The first kappa shape index (κ1) is 19.8. The number of hydrogen-bond donors (Lipinski definition) is 0. The second-order valence-electron chi connectivity index (χ2n) is 7.07. The fourth-order valence-electron chi connectivity index (χ4n) is 3.81. The van der Waals surface area contributed by atoms with E-state index in [-0.39, 0.29) is 24.5 Å². The first-order valence-electron chi connectivity index (χ1n) is 9.38. The molecule has 1 aromatic heterocycles. The van der Waals surface area contributed by atoms with Gasteiger partial charge in [0.25, 0.3) is 10.0 Å². The Morgan fingerprint density at radius 1 is 1.23 bits per heavy atom. The van der Waals surface area contributed by atoms with Crippen LogP contribution in [-0.2, 0) is 19.6 Å². The number of carbonyl (C=O) groups excluding carboxylic acids is 1. The SMILES string of the molecule is CCOC1CCCN(C(=O)C2CCCN(S(=O)(=O)c3ccc(C)s3)C2)C1. The maximum atomic E-state index is 13.0. The minimum Gasteiger partial charge on any atom is -0.377 e. The van der Waals surface area contributed by atoms with E-state index in [0.717, 1.165) is 37.1 Å². The molecule has 2 fully saturated rings. The smallest absolute Gasteiger partial charge is 0.252 e. The lowest BCUT2D eigenvalue weighted by Crippen LogP contribution is -2.50. The Hall–Kier alpha value is -0.960. The second-order valence-corrected chi connectivity index (χ2v) is 10.5. The third-order valence-corrected chi connectivity index (χ3v) is 8.47. The Morgan fingerprint density at radius 3 is 2.69 bits per heavy atom. The molecule has 0 aliphatic carbocycles. The number of amides is 1. The molecular weight excluding hydrogens is 372 g/mol. The Morgan fingerprint density at radius 2 is 2.00 bits per heavy atom. The number of likely N-dealkylation sites (tertiary alicyclic amines) is 1. The van der Waals surface area contributed by atoms with Crippen LogP contribution >= 0.6 is 11.3 Å². The fourth-order valence-corrected chi connectivity index (χ4v) is 6.77. The minimum atomic E-state index is -3.50. The van der Waals surface area contributed by atoms with Crippen molar-refractivity contribution in [3.8, 4) is 0 Å². The molecule has 0 saturated carbocycles. The maximum absolute atomic E-state index is 13.0. The predicted molar refractivity (Wildman–Crippen MR) is 102 cm³/mol. The molecule has 2 aliphatic heterocycles. The third kappa shape index (κ3) is 4.30. The topological polar surface area (TPSA) is 66.9 Å². The van der Waals surface area contributed by atoms with Crippen molar-refractivity contribution in [1.82, 2.24) is 9.21 Å². The molecule has 0 bridgehead atoms. The highest BCUT2D eigenvalue weighted by molar-refractivity contribution is 7.91. The number of carbonyl (C=O) groups is 1. The number of rotatable bonds is 5. The normalized spacial score (nSPS) is 25.4. The zero-order valence-corrected chi connectivity index (χ0v) is 17.2. The minimum absolute atomic E-state index is 0.0802. The van der Waals surface area contributed by atoms with Crippen molar-refractivity contribution in [3.63, 3.8) is 0 Å². The summed E-state index contributed by atoms with van der Waals surface area (Å²) in [4.78, 5) is 15.8. The van der Waals surface area contributed by atoms with Gasteiger partial charge in [0.1, 0.15) is 4.21 Å². The average Bonchev–Trinajstić information content (AvgIpc) is 3.09. The van der Waals surface area contributed by atoms with Crippen LogP contribution in [0.3, 0.4) is 0 Å². The quantitative estimate of drug-likeness (QED) is 0.762. The maximum Gasteiger partial charge on any atom is 0.252 e. The van der Waals surface area contributed by atoms with E-state index in [4.69, 9.17) is 4.74 Å². The molecule has 1 aromatic rings. The number of hydrogen-bond acceptors (Lipinski definition) is 5. The zero-order valence-electron chi connectivity index (χ0n) is 15.5. The predicted octanol–water partition coefficient (Wildman–Crippen LogP) is 2.48. The lowest BCUT2D eigenvalue weighted by atomic mass is 9.96. The summed E-state index contributed by atoms with van der Waals surface area (Å²) in [5.74, 6) is -0.170. The first-order chi connectivity index (χ1) is 12.4. The highest BCUT2D eigenvalue weighted by Gasteiger charge is 2.36. The standard InChI is InChI=1S/C18H28N2O4S2/c1-3-24-16-7-5-10-19(13-16)18(21)15-6-4-11-20(12-15)26(22,23)17-9-8-14(2)25-17/h8-9,15-16H,3-7,10-13H2,1-2H3. The summed E-state index contributed by atoms with van der Waals surface area (Å²) in [6.45, 7) is 6.67. The van der Waals surface area contributed by atoms with E-state index in [1.54, 1.807) is 6.07 Å². The van der Waals surface area contributed by atoms with Gasteiger partial charge in [0.2, 0.25) is 5.91 Å². The molecular formula is C18H28N2O4S2. The van der Waals surface area contributed by atoms with Crippen molar-refractivity contribution in [3.05, 3.63) is 17.0 Å². The molecule has 26 heavy (non-hydrogen) atoms. The van der Waals surface area contributed by atoms with E-state index < -0.39 is 10.0 Å². The van der Waals surface area contributed by atoms with Crippen molar-refractivity contribution in [2.24, 2.45) is 5.92 Å². The highest BCUT2D eigenvalue weighted by atomic mass is 32.2. The van der Waals surface area contributed by atoms with Crippen LogP contribution in [0.2, 0.25) is 0 Å². The van der Waals surface area contributed by atoms with Crippen molar-refractivity contribution >= 4 is 27.3 Å². The van der Waals surface area contributed by atoms with Gasteiger partial charge in [-0.15, -0.1) is 11.3 Å². The van der Waals surface area contributed by atoms with Crippen LogP contribution in [0.5, 0.6) is 0 Å². The van der Waals surface area contributed by atoms with E-state index >= 15 is 0 Å². The molecule has 3 rings (SSSR count). The second kappa shape index (κ2) is 8.37. The summed E-state index contributed by atoms with van der Waals surface area (Å²) in [6.07, 6.45) is 3.52. The summed E-state index contributed by atoms with van der Waals surface area (Å²) in [5.41, 5.74) is 0. The molecule has 6 nitrogen and oxygen atoms in total. The Bertz CT molecular complexity index is 729. The van der Waals surface area contributed by atoms with Crippen molar-refractivity contribution in [2.45, 2.75) is 49.8 Å². The van der Waals surface area contributed by atoms with Gasteiger partial charge < -0.3 is 9.64 Å². The molecule has 2 aliphatic rings. The molecule has 0 radical (unpaired) electrons. The molecule has 146 valence electrons. The Kier molecular flexibility index (Phi) is 6.37. The molecule has 3 heterocycles. The number of thiophene rings is 1. The first-order valence-corrected chi connectivity index (χ1v) is 11.6. The van der Waals surface area contributed by atoms with E-state index in [0.29, 0.717) is 23.9 Å². The van der Waals surface area contributed by atoms with Gasteiger partial charge in [0.05, 0.1) is 12.0 Å². The van der Waals surface area contributed by atoms with Gasteiger partial charge in [-0.25, -0.2) is 8.42 Å². The Labute approximate surface area is 160 Å². The van der Waals surface area contributed by atoms with Crippen LogP contribution in [-0.4, -0.2) is 62.4 Å². The van der Waals surface area contributed by atoms with Crippen molar-refractivity contribution in [2.75, 3.05) is 32.8 Å². The van der Waals surface area contributed by atoms with Crippen LogP contribution in [0.4, 0.5) is 0 Å². The van der Waals surface area contributed by atoms with Gasteiger partial charge in [-0.2, -0.15) is 4.31 Å². The van der Waals surface area contributed by atoms with Crippen LogP contribution < -0.4 is 0 Å².